The highest BCUT2D eigenvalue weighted by molar-refractivity contribution is 7.91. The van der Waals surface area contributed by atoms with Gasteiger partial charge in [-0.2, -0.15) is 0 Å². The first kappa shape index (κ1) is 17.8. The standard InChI is InChI=1S/C14H24N2O4S2/c1-11-4-5-14(21-11)22(17,18)15-12-6-8-19-10-13(12)20-9-7-16(2)3/h4-5,12-13,15H,6-10H2,1-3H3/t12-,13-/m1/s1. The van der Waals surface area contributed by atoms with E-state index in [1.54, 1.807) is 6.07 Å². The van der Waals surface area contributed by atoms with Crippen molar-refractivity contribution in [2.45, 2.75) is 29.7 Å². The molecule has 1 saturated heterocycles. The predicted octanol–water partition coefficient (Wildman–Crippen LogP) is 1.07. The zero-order valence-electron chi connectivity index (χ0n) is 13.2. The smallest absolute Gasteiger partial charge is 0.250 e. The van der Waals surface area contributed by atoms with Gasteiger partial charge < -0.3 is 14.4 Å². The molecule has 1 fully saturated rings. The molecule has 1 aromatic rings. The van der Waals surface area contributed by atoms with Crippen LogP contribution in [0.1, 0.15) is 11.3 Å². The Morgan fingerprint density at radius 3 is 2.86 bits per heavy atom. The molecule has 0 aromatic carbocycles. The average molecular weight is 348 g/mol. The molecule has 1 aromatic heterocycles. The summed E-state index contributed by atoms with van der Waals surface area (Å²) in [5, 5.41) is 0. The van der Waals surface area contributed by atoms with Crippen molar-refractivity contribution in [3.05, 3.63) is 17.0 Å². The number of hydrogen-bond donors (Lipinski definition) is 1. The Hall–Kier alpha value is -0.510. The van der Waals surface area contributed by atoms with Gasteiger partial charge in [-0.1, -0.05) is 0 Å². The number of nitrogens with one attached hydrogen (secondary N) is 1. The second-order valence-corrected chi connectivity index (χ2v) is 8.90. The molecule has 126 valence electrons. The van der Waals surface area contributed by atoms with Crippen LogP contribution in [-0.2, 0) is 19.5 Å². The monoisotopic (exact) mass is 348 g/mol. The molecule has 1 aliphatic heterocycles. The summed E-state index contributed by atoms with van der Waals surface area (Å²) >= 11 is 1.28. The number of aryl methyl sites for hydroxylation is 1. The van der Waals surface area contributed by atoms with Gasteiger partial charge in [0.2, 0.25) is 10.0 Å². The average Bonchev–Trinajstić information content (AvgIpc) is 2.87. The molecule has 22 heavy (non-hydrogen) atoms. The molecule has 0 spiro atoms. The van der Waals surface area contributed by atoms with Crippen LogP contribution in [0.25, 0.3) is 0 Å². The lowest BCUT2D eigenvalue weighted by molar-refractivity contribution is -0.0665. The van der Waals surface area contributed by atoms with Crippen LogP contribution in [0, 0.1) is 6.92 Å². The summed E-state index contributed by atoms with van der Waals surface area (Å²) in [7, 11) is 0.454. The Balaban J connectivity index is 1.98. The minimum atomic E-state index is -3.49. The Morgan fingerprint density at radius 2 is 2.23 bits per heavy atom. The quantitative estimate of drug-likeness (QED) is 0.798. The Kier molecular flexibility index (Phi) is 6.36. The molecule has 0 bridgehead atoms. The SMILES string of the molecule is Cc1ccc(S(=O)(=O)N[C@@H]2CCOC[C@H]2OCCN(C)C)s1. The third kappa shape index (κ3) is 5.00. The van der Waals surface area contributed by atoms with Crippen LogP contribution in [0.15, 0.2) is 16.3 Å². The molecule has 0 unspecified atom stereocenters. The summed E-state index contributed by atoms with van der Waals surface area (Å²) in [6.45, 7) is 4.21. The fourth-order valence-electron chi connectivity index (χ4n) is 2.21. The van der Waals surface area contributed by atoms with Gasteiger partial charge in [-0.25, -0.2) is 13.1 Å². The van der Waals surface area contributed by atoms with Crippen molar-refractivity contribution in [3.63, 3.8) is 0 Å². The lowest BCUT2D eigenvalue weighted by Crippen LogP contribution is -2.50. The predicted molar refractivity (Wildman–Crippen MR) is 86.9 cm³/mol. The van der Waals surface area contributed by atoms with E-state index < -0.39 is 10.0 Å². The van der Waals surface area contributed by atoms with E-state index in [0.29, 0.717) is 30.5 Å². The largest absolute Gasteiger partial charge is 0.379 e. The number of thiophene rings is 1. The van der Waals surface area contributed by atoms with Crippen LogP contribution in [0.2, 0.25) is 0 Å². The molecule has 2 heterocycles. The fraction of sp³-hybridized carbons (Fsp3) is 0.714. The van der Waals surface area contributed by atoms with E-state index in [1.165, 1.54) is 11.3 Å². The molecule has 2 atom stereocenters. The highest BCUT2D eigenvalue weighted by Gasteiger charge is 2.31. The number of ether oxygens (including phenoxy) is 2. The number of nitrogens with zero attached hydrogens (tertiary/aromatic N) is 1. The maximum absolute atomic E-state index is 12.4. The summed E-state index contributed by atoms with van der Waals surface area (Å²) in [6.07, 6.45) is 0.375. The van der Waals surface area contributed by atoms with E-state index in [4.69, 9.17) is 9.47 Å². The van der Waals surface area contributed by atoms with Crippen LogP contribution in [0.3, 0.4) is 0 Å². The van der Waals surface area contributed by atoms with E-state index >= 15 is 0 Å². The van der Waals surface area contributed by atoms with Gasteiger partial charge in [-0.3, -0.25) is 0 Å². The molecular formula is C14H24N2O4S2. The van der Waals surface area contributed by atoms with Crippen molar-refractivity contribution >= 4 is 21.4 Å². The van der Waals surface area contributed by atoms with E-state index in [0.717, 1.165) is 11.4 Å². The maximum Gasteiger partial charge on any atom is 0.250 e. The summed E-state index contributed by atoms with van der Waals surface area (Å²) in [6, 6.07) is 3.21. The topological polar surface area (TPSA) is 67.9 Å². The maximum atomic E-state index is 12.4. The van der Waals surface area contributed by atoms with Crippen LogP contribution < -0.4 is 4.72 Å². The molecule has 2 rings (SSSR count). The number of likely N-dealkylation sites (N-methyl/N-ethyl adjacent to an activating group) is 1. The summed E-state index contributed by atoms with van der Waals surface area (Å²) < 4.78 is 39.2. The van der Waals surface area contributed by atoms with Crippen LogP contribution in [-0.4, -0.2) is 65.9 Å². The molecule has 0 aliphatic carbocycles. The minimum Gasteiger partial charge on any atom is -0.379 e. The second-order valence-electron chi connectivity index (χ2n) is 5.67. The number of rotatable bonds is 7. The van der Waals surface area contributed by atoms with Gasteiger partial charge in [0, 0.05) is 18.0 Å². The van der Waals surface area contributed by atoms with E-state index in [1.807, 2.05) is 32.0 Å². The minimum absolute atomic E-state index is 0.246. The van der Waals surface area contributed by atoms with Crippen LogP contribution >= 0.6 is 11.3 Å². The highest BCUT2D eigenvalue weighted by Crippen LogP contribution is 2.22. The van der Waals surface area contributed by atoms with Crippen molar-refractivity contribution in [3.8, 4) is 0 Å². The van der Waals surface area contributed by atoms with Crippen molar-refractivity contribution in [1.82, 2.24) is 9.62 Å². The van der Waals surface area contributed by atoms with Crippen molar-refractivity contribution < 1.29 is 17.9 Å². The summed E-state index contributed by atoms with van der Waals surface area (Å²) in [5.74, 6) is 0. The molecular weight excluding hydrogens is 324 g/mol. The molecule has 6 nitrogen and oxygen atoms in total. The van der Waals surface area contributed by atoms with Gasteiger partial charge in [-0.15, -0.1) is 11.3 Å². The fourth-order valence-corrected chi connectivity index (χ4v) is 4.81. The zero-order valence-corrected chi connectivity index (χ0v) is 14.9. The third-order valence-corrected chi connectivity index (χ3v) is 6.44. The normalized spacial score (nSPS) is 23.1. The van der Waals surface area contributed by atoms with Gasteiger partial charge in [0.05, 0.1) is 25.4 Å². The van der Waals surface area contributed by atoms with Gasteiger partial charge in [0.1, 0.15) is 4.21 Å². The van der Waals surface area contributed by atoms with Crippen molar-refractivity contribution in [2.75, 3.05) is 40.5 Å². The number of hydrogen-bond acceptors (Lipinski definition) is 6. The van der Waals surface area contributed by atoms with Gasteiger partial charge in [0.25, 0.3) is 0 Å². The highest BCUT2D eigenvalue weighted by atomic mass is 32.2. The second kappa shape index (κ2) is 7.85. The molecule has 0 amide bonds. The van der Waals surface area contributed by atoms with Gasteiger partial charge in [0.15, 0.2) is 0 Å². The van der Waals surface area contributed by atoms with E-state index in [2.05, 4.69) is 4.72 Å². The van der Waals surface area contributed by atoms with Crippen molar-refractivity contribution in [2.24, 2.45) is 0 Å². The molecule has 1 aliphatic rings. The first-order chi connectivity index (χ1) is 10.4. The van der Waals surface area contributed by atoms with E-state index in [9.17, 15) is 8.42 Å². The zero-order chi connectivity index (χ0) is 16.2. The van der Waals surface area contributed by atoms with Crippen LogP contribution in [0.5, 0.6) is 0 Å². The Bertz CT molecular complexity index is 571. The van der Waals surface area contributed by atoms with Gasteiger partial charge >= 0.3 is 0 Å². The first-order valence-electron chi connectivity index (χ1n) is 7.31. The summed E-state index contributed by atoms with van der Waals surface area (Å²) in [4.78, 5) is 3.00. The molecule has 8 heteroatoms. The molecule has 0 radical (unpaired) electrons. The molecule has 0 saturated carbocycles. The lowest BCUT2D eigenvalue weighted by Gasteiger charge is -2.32. The van der Waals surface area contributed by atoms with E-state index in [-0.39, 0.29) is 12.1 Å². The lowest BCUT2D eigenvalue weighted by atomic mass is 10.1. The third-order valence-electron chi connectivity index (χ3n) is 3.46. The first-order valence-corrected chi connectivity index (χ1v) is 9.61. The number of sulfonamides is 1. The van der Waals surface area contributed by atoms with Crippen LogP contribution in [0.4, 0.5) is 0 Å². The summed E-state index contributed by atoms with van der Waals surface area (Å²) in [5.41, 5.74) is 0. The Labute approximate surface area is 136 Å². The molecule has 1 N–H and O–H groups in total. The Morgan fingerprint density at radius 1 is 1.45 bits per heavy atom. The van der Waals surface area contributed by atoms with Crippen molar-refractivity contribution in [1.29, 1.82) is 0 Å². The van der Waals surface area contributed by atoms with Gasteiger partial charge in [-0.05, 0) is 39.6 Å².